The van der Waals surface area contributed by atoms with Crippen molar-refractivity contribution in [1.29, 1.82) is 0 Å². The van der Waals surface area contributed by atoms with Gasteiger partial charge in [0, 0.05) is 20.1 Å². The third-order valence-electron chi connectivity index (χ3n) is 2.38. The fourth-order valence-electron chi connectivity index (χ4n) is 1.78. The Morgan fingerprint density at radius 3 is 3.00 bits per heavy atom. The quantitative estimate of drug-likeness (QED) is 0.626. The molecule has 1 aliphatic rings. The second-order valence-corrected chi connectivity index (χ2v) is 3.32. The number of benzene rings is 1. The van der Waals surface area contributed by atoms with Gasteiger partial charge in [-0.1, -0.05) is 12.1 Å². The van der Waals surface area contributed by atoms with Crippen LogP contribution in [0.5, 0.6) is 0 Å². The number of aryl methyl sites for hydroxylation is 1. The van der Waals surface area contributed by atoms with Crippen molar-refractivity contribution < 1.29 is 0 Å². The molecular formula is C10H14N2. The largest absolute Gasteiger partial charge is 0.382 e. The fourth-order valence-corrected chi connectivity index (χ4v) is 1.78. The van der Waals surface area contributed by atoms with Crippen LogP contribution >= 0.6 is 0 Å². The molecule has 0 unspecified atom stereocenters. The number of nitrogens with zero attached hydrogens (tertiary/aromatic N) is 1. The molecule has 12 heavy (non-hydrogen) atoms. The number of likely N-dealkylation sites (N-methyl/N-ethyl adjacent to an activating group) is 1. The van der Waals surface area contributed by atoms with E-state index in [1.54, 1.807) is 0 Å². The highest BCUT2D eigenvalue weighted by molar-refractivity contribution is 5.75. The summed E-state index contributed by atoms with van der Waals surface area (Å²) in [5.74, 6) is 0. The van der Waals surface area contributed by atoms with Gasteiger partial charge in [0.2, 0.25) is 0 Å². The van der Waals surface area contributed by atoms with Gasteiger partial charge in [0.15, 0.2) is 0 Å². The molecule has 1 heterocycles. The molecule has 2 nitrogen and oxygen atoms in total. The lowest BCUT2D eigenvalue weighted by Gasteiger charge is -2.29. The summed E-state index contributed by atoms with van der Waals surface area (Å²) in [5.41, 5.74) is 3.97. The summed E-state index contributed by atoms with van der Waals surface area (Å²) >= 11 is 0. The van der Waals surface area contributed by atoms with Gasteiger partial charge in [-0.15, -0.1) is 0 Å². The maximum atomic E-state index is 3.39. The molecule has 1 aromatic rings. The van der Waals surface area contributed by atoms with Crippen molar-refractivity contribution in [2.24, 2.45) is 0 Å². The number of hydrogen-bond acceptors (Lipinski definition) is 2. The van der Waals surface area contributed by atoms with Gasteiger partial charge >= 0.3 is 0 Å². The van der Waals surface area contributed by atoms with E-state index in [-0.39, 0.29) is 0 Å². The van der Waals surface area contributed by atoms with Crippen molar-refractivity contribution in [2.45, 2.75) is 6.92 Å². The van der Waals surface area contributed by atoms with E-state index in [0.717, 1.165) is 13.1 Å². The van der Waals surface area contributed by atoms with Gasteiger partial charge in [-0.25, -0.2) is 0 Å². The molecule has 0 aromatic heterocycles. The van der Waals surface area contributed by atoms with E-state index in [0.29, 0.717) is 0 Å². The zero-order chi connectivity index (χ0) is 8.55. The van der Waals surface area contributed by atoms with E-state index < -0.39 is 0 Å². The normalized spacial score (nSPS) is 15.3. The zero-order valence-corrected chi connectivity index (χ0v) is 7.59. The average molecular weight is 162 g/mol. The van der Waals surface area contributed by atoms with E-state index >= 15 is 0 Å². The third kappa shape index (κ3) is 1.04. The maximum absolute atomic E-state index is 3.39. The van der Waals surface area contributed by atoms with Crippen molar-refractivity contribution in [2.75, 3.05) is 30.4 Å². The first kappa shape index (κ1) is 7.47. The molecule has 0 atom stereocenters. The van der Waals surface area contributed by atoms with Crippen molar-refractivity contribution in [3.05, 3.63) is 23.8 Å². The third-order valence-corrected chi connectivity index (χ3v) is 2.38. The van der Waals surface area contributed by atoms with Crippen LogP contribution in [-0.4, -0.2) is 20.1 Å². The predicted molar refractivity (Wildman–Crippen MR) is 52.9 cm³/mol. The predicted octanol–water partition coefficient (Wildman–Crippen LogP) is 1.86. The SMILES string of the molecule is Cc1cccc2c1N(C)CCN2. The molecule has 64 valence electrons. The monoisotopic (exact) mass is 162 g/mol. The van der Waals surface area contributed by atoms with E-state index in [1.165, 1.54) is 16.9 Å². The van der Waals surface area contributed by atoms with Crippen molar-refractivity contribution in [3.8, 4) is 0 Å². The summed E-state index contributed by atoms with van der Waals surface area (Å²) in [6, 6.07) is 6.39. The van der Waals surface area contributed by atoms with Crippen LogP contribution in [0, 0.1) is 6.92 Å². The Morgan fingerprint density at radius 1 is 1.42 bits per heavy atom. The highest BCUT2D eigenvalue weighted by atomic mass is 15.2. The highest BCUT2D eigenvalue weighted by Crippen LogP contribution is 2.30. The summed E-state index contributed by atoms with van der Waals surface area (Å²) in [5, 5.41) is 3.39. The molecule has 0 amide bonds. The van der Waals surface area contributed by atoms with Crippen LogP contribution < -0.4 is 10.2 Å². The topological polar surface area (TPSA) is 15.3 Å². The van der Waals surface area contributed by atoms with Crippen molar-refractivity contribution >= 4 is 11.4 Å². The maximum Gasteiger partial charge on any atom is 0.0629 e. The van der Waals surface area contributed by atoms with Gasteiger partial charge in [-0.3, -0.25) is 0 Å². The molecule has 0 saturated carbocycles. The number of fused-ring (bicyclic) bond motifs is 1. The van der Waals surface area contributed by atoms with E-state index in [4.69, 9.17) is 0 Å². The number of nitrogens with one attached hydrogen (secondary N) is 1. The van der Waals surface area contributed by atoms with Crippen molar-refractivity contribution in [3.63, 3.8) is 0 Å². The van der Waals surface area contributed by atoms with Crippen LogP contribution in [0.1, 0.15) is 5.56 Å². The molecule has 1 aromatic carbocycles. The summed E-state index contributed by atoms with van der Waals surface area (Å²) in [4.78, 5) is 2.31. The molecule has 0 fully saturated rings. The first-order valence-electron chi connectivity index (χ1n) is 4.33. The summed E-state index contributed by atoms with van der Waals surface area (Å²) < 4.78 is 0. The Labute approximate surface area is 73.2 Å². The standard InChI is InChI=1S/C10H14N2/c1-8-4-3-5-9-10(8)12(2)7-6-11-9/h3-5,11H,6-7H2,1-2H3. The summed E-state index contributed by atoms with van der Waals surface area (Å²) in [7, 11) is 2.15. The second-order valence-electron chi connectivity index (χ2n) is 3.32. The van der Waals surface area contributed by atoms with E-state index in [2.05, 4.69) is 42.4 Å². The molecule has 1 aliphatic heterocycles. The second kappa shape index (κ2) is 2.70. The molecule has 2 heteroatoms. The van der Waals surface area contributed by atoms with Crippen LogP contribution in [0.2, 0.25) is 0 Å². The Bertz CT molecular complexity index is 294. The minimum Gasteiger partial charge on any atom is -0.382 e. The van der Waals surface area contributed by atoms with Gasteiger partial charge in [-0.05, 0) is 18.6 Å². The van der Waals surface area contributed by atoms with Crippen molar-refractivity contribution in [1.82, 2.24) is 0 Å². The number of hydrogen-bond donors (Lipinski definition) is 1. The van der Waals surface area contributed by atoms with Crippen LogP contribution in [0.25, 0.3) is 0 Å². The first-order chi connectivity index (χ1) is 5.79. The molecule has 2 rings (SSSR count). The summed E-state index contributed by atoms with van der Waals surface area (Å²) in [6.07, 6.45) is 0. The molecule has 0 spiro atoms. The van der Waals surface area contributed by atoms with Gasteiger partial charge < -0.3 is 10.2 Å². The Morgan fingerprint density at radius 2 is 2.25 bits per heavy atom. The molecule has 0 aliphatic carbocycles. The first-order valence-corrected chi connectivity index (χ1v) is 4.33. The molecule has 0 saturated heterocycles. The lowest BCUT2D eigenvalue weighted by atomic mass is 10.1. The smallest absolute Gasteiger partial charge is 0.0629 e. The Hall–Kier alpha value is -1.18. The highest BCUT2D eigenvalue weighted by Gasteiger charge is 2.13. The fraction of sp³-hybridized carbons (Fsp3) is 0.400. The Balaban J connectivity index is 2.53. The van der Waals surface area contributed by atoms with Crippen LogP contribution in [0.4, 0.5) is 11.4 Å². The number of rotatable bonds is 0. The van der Waals surface area contributed by atoms with Crippen LogP contribution in [0.3, 0.4) is 0 Å². The van der Waals surface area contributed by atoms with Gasteiger partial charge in [0.1, 0.15) is 0 Å². The summed E-state index contributed by atoms with van der Waals surface area (Å²) in [6.45, 7) is 4.30. The van der Waals surface area contributed by atoms with Crippen LogP contribution in [-0.2, 0) is 0 Å². The zero-order valence-electron chi connectivity index (χ0n) is 7.59. The minimum absolute atomic E-state index is 1.05. The van der Waals surface area contributed by atoms with Gasteiger partial charge in [0.25, 0.3) is 0 Å². The van der Waals surface area contributed by atoms with E-state index in [9.17, 15) is 0 Å². The van der Waals surface area contributed by atoms with Crippen LogP contribution in [0.15, 0.2) is 18.2 Å². The Kier molecular flexibility index (Phi) is 1.68. The molecule has 0 radical (unpaired) electrons. The molecule has 1 N–H and O–H groups in total. The van der Waals surface area contributed by atoms with Gasteiger partial charge in [0.05, 0.1) is 11.4 Å². The lowest BCUT2D eigenvalue weighted by molar-refractivity contribution is 0.882. The molecular weight excluding hydrogens is 148 g/mol. The number of anilines is 2. The molecule has 0 bridgehead atoms. The lowest BCUT2D eigenvalue weighted by Crippen LogP contribution is -2.30. The van der Waals surface area contributed by atoms with E-state index in [1.807, 2.05) is 0 Å². The minimum atomic E-state index is 1.05. The number of para-hydroxylation sites is 1. The van der Waals surface area contributed by atoms with Gasteiger partial charge in [-0.2, -0.15) is 0 Å². The average Bonchev–Trinajstić information content (AvgIpc) is 2.04.